The van der Waals surface area contributed by atoms with Crippen LogP contribution in [0.3, 0.4) is 0 Å². The molecule has 1 fully saturated rings. The second-order valence-electron chi connectivity index (χ2n) is 12.5. The van der Waals surface area contributed by atoms with E-state index in [1.165, 1.54) is 0 Å². The fourth-order valence-corrected chi connectivity index (χ4v) is 8.94. The van der Waals surface area contributed by atoms with Crippen LogP contribution in [0.25, 0.3) is 10.9 Å². The van der Waals surface area contributed by atoms with Gasteiger partial charge in [-0.05, 0) is 49.4 Å². The van der Waals surface area contributed by atoms with E-state index in [9.17, 15) is 37.6 Å². The van der Waals surface area contributed by atoms with E-state index < -0.39 is 64.7 Å². The predicted octanol–water partition coefficient (Wildman–Crippen LogP) is 1.96. The van der Waals surface area contributed by atoms with Crippen LogP contribution in [0, 0.1) is 5.41 Å². The number of aliphatic hydroxyl groups excluding tert-OH is 1. The van der Waals surface area contributed by atoms with Crippen molar-refractivity contribution in [3.63, 3.8) is 0 Å². The largest absolute Gasteiger partial charge is 0.480 e. The number of aliphatic hydroxyl groups is 1. The first-order valence-corrected chi connectivity index (χ1v) is 19.4. The summed E-state index contributed by atoms with van der Waals surface area (Å²) in [6, 6.07) is 13.8. The summed E-state index contributed by atoms with van der Waals surface area (Å²) in [5, 5.41) is 28.0. The zero-order chi connectivity index (χ0) is 34.9. The predicted molar refractivity (Wildman–Crippen MR) is 194 cm³/mol. The topological polar surface area (TPSA) is 221 Å². The zero-order valence-electron chi connectivity index (χ0n) is 28.9. The Morgan fingerprint density at radius 1 is 0.960 bits per heavy atom. The van der Waals surface area contributed by atoms with Gasteiger partial charge >= 0.3 is 13.8 Å². The van der Waals surface area contributed by atoms with Crippen molar-refractivity contribution in [1.29, 1.82) is 0 Å². The SMILES string of the molecule is CS(=O)(=O)N[C@@H](CCCCN)C(=O)N[C@@H](Cc1ccccc1)[P+](=O)C(O)C1(C(=O)N[C@@H](Cc2c[nH]c3ccccc23)C(=O)O)CCCC1.[Li].[Li]. The number of hydrogen-bond acceptors (Lipinski definition) is 8. The molecule has 13 nitrogen and oxygen atoms in total. The van der Waals surface area contributed by atoms with Gasteiger partial charge in [0, 0.05) is 67.7 Å². The third kappa shape index (κ3) is 11.5. The number of carboxylic acid groups (broad SMARTS) is 1. The maximum atomic E-state index is 14.3. The second-order valence-corrected chi connectivity index (χ2v) is 16.1. The molecule has 5 atom stereocenters. The van der Waals surface area contributed by atoms with E-state index in [-0.39, 0.29) is 69.8 Å². The summed E-state index contributed by atoms with van der Waals surface area (Å²) in [7, 11) is -6.56. The summed E-state index contributed by atoms with van der Waals surface area (Å²) >= 11 is 0. The molecule has 1 aliphatic carbocycles. The summed E-state index contributed by atoms with van der Waals surface area (Å²) < 4.78 is 40.8. The van der Waals surface area contributed by atoms with Gasteiger partial charge in [-0.2, -0.15) is 0 Å². The van der Waals surface area contributed by atoms with E-state index in [1.54, 1.807) is 36.5 Å². The van der Waals surface area contributed by atoms with Crippen LogP contribution >= 0.6 is 7.80 Å². The fourth-order valence-electron chi connectivity index (χ4n) is 6.35. The molecule has 0 bridgehead atoms. The molecule has 8 N–H and O–H groups in total. The van der Waals surface area contributed by atoms with Gasteiger partial charge in [0.2, 0.25) is 27.6 Å². The molecule has 1 heterocycles. The molecule has 0 aliphatic heterocycles. The summed E-state index contributed by atoms with van der Waals surface area (Å²) in [5.74, 6) is -5.59. The number of benzene rings is 2. The number of H-pyrrole nitrogens is 1. The number of hydrogen-bond donors (Lipinski definition) is 7. The van der Waals surface area contributed by atoms with Gasteiger partial charge in [0.05, 0.1) is 6.26 Å². The van der Waals surface area contributed by atoms with Gasteiger partial charge < -0.3 is 31.6 Å². The molecule has 0 spiro atoms. The van der Waals surface area contributed by atoms with Crippen molar-refractivity contribution in [2.45, 2.75) is 81.5 Å². The maximum Gasteiger partial charge on any atom is 0.396 e. The van der Waals surface area contributed by atoms with E-state index in [1.807, 2.05) is 24.3 Å². The van der Waals surface area contributed by atoms with Crippen molar-refractivity contribution in [2.75, 3.05) is 12.8 Å². The number of carboxylic acids is 1. The van der Waals surface area contributed by atoms with E-state index in [4.69, 9.17) is 5.73 Å². The number of fused-ring (bicyclic) bond motifs is 1. The Bertz CT molecular complexity index is 1710. The summed E-state index contributed by atoms with van der Waals surface area (Å²) in [4.78, 5) is 43.0. The summed E-state index contributed by atoms with van der Waals surface area (Å²) in [5.41, 5.74) is 6.24. The van der Waals surface area contributed by atoms with Gasteiger partial charge in [0.25, 0.3) is 5.85 Å². The number of nitrogens with one attached hydrogen (secondary N) is 4. The van der Waals surface area contributed by atoms with Crippen LogP contribution in [-0.2, 0) is 41.8 Å². The Morgan fingerprint density at radius 3 is 2.22 bits per heavy atom. The number of para-hydroxylation sites is 1. The van der Waals surface area contributed by atoms with Crippen LogP contribution in [0.2, 0.25) is 0 Å². The first-order valence-electron chi connectivity index (χ1n) is 16.1. The molecule has 0 saturated heterocycles. The molecule has 1 aromatic heterocycles. The minimum absolute atomic E-state index is 0. The Morgan fingerprint density at radius 2 is 1.60 bits per heavy atom. The number of aromatic nitrogens is 1. The quantitative estimate of drug-likeness (QED) is 0.0580. The van der Waals surface area contributed by atoms with Crippen LogP contribution < -0.4 is 21.1 Å². The van der Waals surface area contributed by atoms with Crippen molar-refractivity contribution < 1.29 is 37.6 Å². The maximum absolute atomic E-state index is 14.3. The Hall–Kier alpha value is -2.49. The van der Waals surface area contributed by atoms with Crippen LogP contribution in [0.5, 0.6) is 0 Å². The van der Waals surface area contributed by atoms with Gasteiger partial charge in [-0.1, -0.05) is 72.4 Å². The van der Waals surface area contributed by atoms with Gasteiger partial charge in [-0.25, -0.2) is 17.9 Å². The number of aromatic amines is 1. The van der Waals surface area contributed by atoms with Gasteiger partial charge in [0.15, 0.2) is 0 Å². The number of aliphatic carboxylic acids is 1. The van der Waals surface area contributed by atoms with E-state index in [0.29, 0.717) is 43.4 Å². The standard InChI is InChI=1S/C33H44N5O8PS.2Li/c1-48(45,46)38-26(15-7-10-18-34)29(39)37-28(19-22-11-3-2-4-12-22)47(44)32(43)33(16-8-9-17-33)31(42)36-27(30(40)41)20-23-21-35-25-14-6-5-13-24(23)25;;/h2-6,11-14,21,26-28,32,35,38,43H,7-10,15-20,34H2,1H3,(H2-,36,37,39,40,41,42);;/p+1/t26-,27-,28+,32?;;/m0../s1. The minimum atomic E-state index is -3.79. The van der Waals surface area contributed by atoms with E-state index in [2.05, 4.69) is 20.3 Å². The van der Waals surface area contributed by atoms with Crippen molar-refractivity contribution in [3.05, 3.63) is 71.9 Å². The Labute approximate surface area is 317 Å². The third-order valence-corrected chi connectivity index (χ3v) is 11.5. The monoisotopic (exact) mass is 716 g/mol. The molecule has 50 heavy (non-hydrogen) atoms. The minimum Gasteiger partial charge on any atom is -0.480 e. The van der Waals surface area contributed by atoms with E-state index in [0.717, 1.165) is 17.2 Å². The smallest absolute Gasteiger partial charge is 0.396 e. The van der Waals surface area contributed by atoms with Crippen LogP contribution in [0.15, 0.2) is 60.8 Å². The van der Waals surface area contributed by atoms with Crippen molar-refractivity contribution in [3.8, 4) is 0 Å². The van der Waals surface area contributed by atoms with Crippen molar-refractivity contribution >= 4 is 84.2 Å². The average Bonchev–Trinajstić information content (AvgIpc) is 3.71. The summed E-state index contributed by atoms with van der Waals surface area (Å²) in [6.45, 7) is 0.358. The molecule has 2 aromatic carbocycles. The number of rotatable bonds is 18. The van der Waals surface area contributed by atoms with Gasteiger partial charge in [-0.15, -0.1) is 0 Å². The number of sulfonamides is 1. The molecule has 17 heteroatoms. The zero-order valence-corrected chi connectivity index (χ0v) is 30.6. The Balaban J connectivity index is 0.00000433. The van der Waals surface area contributed by atoms with Gasteiger partial charge in [0.1, 0.15) is 17.5 Å². The molecule has 2 amide bonds. The number of unbranched alkanes of at least 4 members (excludes halogenated alkanes) is 1. The van der Waals surface area contributed by atoms with E-state index >= 15 is 0 Å². The second kappa shape index (κ2) is 19.9. The molecular weight excluding hydrogens is 671 g/mol. The van der Waals surface area contributed by atoms with Crippen LogP contribution in [-0.4, -0.2) is 116 Å². The molecule has 3 aromatic rings. The molecule has 2 unspecified atom stereocenters. The fraction of sp³-hybridized carbons (Fsp3) is 0.485. The number of carbonyl (C=O) groups excluding carboxylic acids is 2. The molecule has 1 saturated carbocycles. The average molecular weight is 717 g/mol. The molecule has 1 aliphatic rings. The first-order chi connectivity index (χ1) is 22.8. The normalized spacial score (nSPS) is 16.6. The van der Waals surface area contributed by atoms with Gasteiger partial charge in [-0.3, -0.25) is 9.59 Å². The molecule has 4 rings (SSSR count). The number of carbonyl (C=O) groups is 3. The molecular formula is C33H45Li2N5O8PS+. The van der Waals surface area contributed by atoms with Crippen molar-refractivity contribution in [1.82, 2.24) is 20.3 Å². The van der Waals surface area contributed by atoms with Crippen LogP contribution in [0.4, 0.5) is 0 Å². The molecule has 2 radical (unpaired) electrons. The number of nitrogens with two attached hydrogens (primary N) is 1. The Kier molecular flexibility index (Phi) is 17.4. The summed E-state index contributed by atoms with van der Waals surface area (Å²) in [6.07, 6.45) is 5.25. The number of amides is 2. The van der Waals surface area contributed by atoms with Crippen molar-refractivity contribution in [2.24, 2.45) is 11.1 Å². The van der Waals surface area contributed by atoms with Crippen LogP contribution in [0.1, 0.15) is 56.1 Å². The molecule has 262 valence electrons. The first kappa shape index (κ1) is 43.7. The third-order valence-electron chi connectivity index (χ3n) is 8.89.